The summed E-state index contributed by atoms with van der Waals surface area (Å²) in [4.78, 5) is 4.93. The fourth-order valence-electron chi connectivity index (χ4n) is 17.7. The molecule has 506 valence electrons. The molecule has 18 rings (SSSR count). The molecule has 0 atom stereocenters. The summed E-state index contributed by atoms with van der Waals surface area (Å²) in [6.45, 7) is 23.3. The highest BCUT2D eigenvalue weighted by molar-refractivity contribution is 5.94. The van der Waals surface area contributed by atoms with Gasteiger partial charge in [-0.3, -0.25) is 0 Å². The van der Waals surface area contributed by atoms with E-state index in [0.29, 0.717) is 0 Å². The van der Waals surface area contributed by atoms with Crippen LogP contribution in [0.5, 0.6) is 0 Å². The number of fused-ring (bicyclic) bond motifs is 13. The lowest BCUT2D eigenvalue weighted by atomic mass is 9.81. The Hall–Kier alpha value is -12.1. The number of hydrogen-bond acceptors (Lipinski definition) is 2. The van der Waals surface area contributed by atoms with E-state index in [1.54, 1.807) is 0 Å². The molecule has 0 spiro atoms. The highest BCUT2D eigenvalue weighted by atomic mass is 15.1. The van der Waals surface area contributed by atoms with E-state index >= 15 is 0 Å². The summed E-state index contributed by atoms with van der Waals surface area (Å²) in [5.41, 5.74) is 37.8. The summed E-state index contributed by atoms with van der Waals surface area (Å²) < 4.78 is 0. The van der Waals surface area contributed by atoms with Crippen molar-refractivity contribution in [3.63, 3.8) is 0 Å². The van der Waals surface area contributed by atoms with Crippen LogP contribution in [0.4, 0.5) is 34.1 Å². The van der Waals surface area contributed by atoms with Gasteiger partial charge in [0.25, 0.3) is 0 Å². The number of anilines is 6. The predicted octanol–water partition coefficient (Wildman–Crippen LogP) is 28.0. The van der Waals surface area contributed by atoms with Crippen molar-refractivity contribution in [2.24, 2.45) is 0 Å². The Bertz CT molecular complexity index is 5930. The number of rotatable bonds is 12. The van der Waals surface area contributed by atoms with Gasteiger partial charge in [0.15, 0.2) is 0 Å². The molecule has 0 aromatic heterocycles. The minimum atomic E-state index is -0.244. The summed E-state index contributed by atoms with van der Waals surface area (Å²) in [6.07, 6.45) is 24.9. The van der Waals surface area contributed by atoms with Crippen molar-refractivity contribution in [1.82, 2.24) is 0 Å². The first-order valence-electron chi connectivity index (χ1n) is 37.2. The molecule has 0 amide bonds. The summed E-state index contributed by atoms with van der Waals surface area (Å²) in [6, 6.07) is 103. The second-order valence-corrected chi connectivity index (χ2v) is 31.4. The fraction of sp³-hybridized carbons (Fsp3) is 0.126. The van der Waals surface area contributed by atoms with Gasteiger partial charge in [-0.05, 0) is 235 Å². The topological polar surface area (TPSA) is 6.48 Å². The molecule has 0 unspecified atom stereocenters. The van der Waals surface area contributed by atoms with Crippen LogP contribution in [0, 0.1) is 0 Å². The zero-order chi connectivity index (χ0) is 71.5. The molecule has 0 saturated carbocycles. The van der Waals surface area contributed by atoms with Crippen LogP contribution in [0.3, 0.4) is 0 Å². The maximum absolute atomic E-state index is 4.25. The maximum atomic E-state index is 4.25. The van der Waals surface area contributed by atoms with E-state index in [0.717, 1.165) is 57.2 Å². The molecule has 5 aliphatic rings. The van der Waals surface area contributed by atoms with E-state index in [1.165, 1.54) is 133 Å². The lowest BCUT2D eigenvalue weighted by Gasteiger charge is -2.30. The van der Waals surface area contributed by atoms with E-state index in [4.69, 9.17) is 0 Å². The van der Waals surface area contributed by atoms with Crippen molar-refractivity contribution in [3.05, 3.63) is 400 Å². The summed E-state index contributed by atoms with van der Waals surface area (Å²) >= 11 is 0. The zero-order valence-electron chi connectivity index (χ0n) is 61.1. The highest BCUT2D eigenvalue weighted by Crippen LogP contribution is 2.56. The molecule has 0 saturated heterocycles. The van der Waals surface area contributed by atoms with E-state index in [1.807, 2.05) is 0 Å². The average Bonchev–Trinajstić information content (AvgIpc) is 1.58. The van der Waals surface area contributed by atoms with Gasteiger partial charge in [-0.1, -0.05) is 323 Å². The first-order valence-corrected chi connectivity index (χ1v) is 37.2. The summed E-state index contributed by atoms with van der Waals surface area (Å²) in [5.74, 6) is 0. The van der Waals surface area contributed by atoms with E-state index in [9.17, 15) is 0 Å². The van der Waals surface area contributed by atoms with Crippen LogP contribution in [0.2, 0.25) is 0 Å². The third-order valence-corrected chi connectivity index (χ3v) is 23.6. The fourth-order valence-corrected chi connectivity index (χ4v) is 17.7. The van der Waals surface area contributed by atoms with Crippen molar-refractivity contribution in [2.45, 2.75) is 83.5 Å². The molecule has 13 aromatic carbocycles. The number of nitrogens with zero attached hydrogens (tertiary/aromatic N) is 2. The second-order valence-electron chi connectivity index (χ2n) is 31.4. The molecule has 105 heavy (non-hydrogen) atoms. The quantitative estimate of drug-likeness (QED) is 0.113. The Kier molecular flexibility index (Phi) is 15.5. The van der Waals surface area contributed by atoms with Gasteiger partial charge in [0.1, 0.15) is 0 Å². The van der Waals surface area contributed by atoms with Crippen molar-refractivity contribution in [2.75, 3.05) is 9.80 Å². The Morgan fingerprint density at radius 3 is 1.10 bits per heavy atom. The second kappa shape index (κ2) is 25.1. The average molecular weight is 1350 g/mol. The van der Waals surface area contributed by atoms with Crippen LogP contribution in [0.1, 0.15) is 134 Å². The predicted molar refractivity (Wildman–Crippen MR) is 449 cm³/mol. The molecule has 2 heteroatoms. The van der Waals surface area contributed by atoms with Crippen molar-refractivity contribution in [1.29, 1.82) is 0 Å². The molecule has 0 fully saturated rings. The Balaban J connectivity index is 0.591. The van der Waals surface area contributed by atoms with Gasteiger partial charge in [0, 0.05) is 55.8 Å². The third kappa shape index (κ3) is 11.2. The van der Waals surface area contributed by atoms with Gasteiger partial charge >= 0.3 is 0 Å². The van der Waals surface area contributed by atoms with E-state index in [-0.39, 0.29) is 21.7 Å². The van der Waals surface area contributed by atoms with Crippen molar-refractivity contribution < 1.29 is 0 Å². The lowest BCUT2D eigenvalue weighted by Crippen LogP contribution is -2.18. The largest absolute Gasteiger partial charge is 0.310 e. The Labute approximate surface area is 619 Å². The van der Waals surface area contributed by atoms with Gasteiger partial charge < -0.3 is 9.80 Å². The number of allylic oxidation sites excluding steroid dienone is 9. The SMILES string of the molecule is C=C1C=C/C(c2ccc(N(c3ccc4c(c3)C(C)(C)c3ccccc3-4)c3ccc4c(c3)C(C)(C)c3cc(/C=C/c5ccc(/C=C/c6ccc7c(c6)C(C)(C)c6cc(N(c8ccc(-c9ccc%10ccccc%10c9)cc8)c8ccc9c(c8)C(C)(C)c8ccccc8-9)ccc6-7)cc5)ccc3-4)cc2)=C\C/C=C\C=C/1. The standard InChI is InChI=1S/C103H84N2/c1-67-20-12-10-11-13-21-72(39-28-67)74-42-46-78(47-43-74)104(80-50-56-88-84-24-16-18-26-92(84)100(2,3)96(88)63-80)82-52-58-90-86-54-37-70(60-94(86)102(6,7)98(90)65-82)35-33-68-29-31-69(32-30-68)34-36-71-38-55-87-91-59-53-83(66-99(91)103(8,9)95(87)61-71)105(81-51-57-89-85-25-17-19-27-93(85)101(4,5)97(89)64-81)79-48-44-75(45-49-79)77-41-40-73-22-14-15-23-76(73)62-77/h10-12,14-66H,1,13H2,2-9H3/b11-10-,20-12-,35-33+,36-34+,39-28?,72-21+. The zero-order valence-corrected chi connectivity index (χ0v) is 61.1. The van der Waals surface area contributed by atoms with Crippen molar-refractivity contribution >= 4 is 74.8 Å². The van der Waals surface area contributed by atoms with Crippen LogP contribution < -0.4 is 9.80 Å². The highest BCUT2D eigenvalue weighted by Gasteiger charge is 2.41. The summed E-state index contributed by atoms with van der Waals surface area (Å²) in [5, 5.41) is 2.50. The molecule has 0 N–H and O–H groups in total. The summed E-state index contributed by atoms with van der Waals surface area (Å²) in [7, 11) is 0. The smallest absolute Gasteiger partial charge is 0.0465 e. The maximum Gasteiger partial charge on any atom is 0.0465 e. The van der Waals surface area contributed by atoms with Gasteiger partial charge in [-0.15, -0.1) is 0 Å². The van der Waals surface area contributed by atoms with Crippen LogP contribution >= 0.6 is 0 Å². The Morgan fingerprint density at radius 1 is 0.276 bits per heavy atom. The molecule has 13 aromatic rings. The monoisotopic (exact) mass is 1350 g/mol. The van der Waals surface area contributed by atoms with Crippen LogP contribution in [-0.2, 0) is 21.7 Å². The van der Waals surface area contributed by atoms with Gasteiger partial charge in [0.2, 0.25) is 0 Å². The van der Waals surface area contributed by atoms with Gasteiger partial charge in [-0.25, -0.2) is 0 Å². The molecule has 2 nitrogen and oxygen atoms in total. The molecular weight excluding hydrogens is 1270 g/mol. The van der Waals surface area contributed by atoms with Crippen LogP contribution in [0.15, 0.2) is 328 Å². The van der Waals surface area contributed by atoms with Crippen LogP contribution in [0.25, 0.3) is 96.3 Å². The Morgan fingerprint density at radius 2 is 0.629 bits per heavy atom. The molecule has 0 radical (unpaired) electrons. The minimum absolute atomic E-state index is 0.133. The van der Waals surface area contributed by atoms with E-state index in [2.05, 4.69) is 412 Å². The van der Waals surface area contributed by atoms with Gasteiger partial charge in [0.05, 0.1) is 0 Å². The molecule has 0 bridgehead atoms. The normalized spacial score (nSPS) is 16.7. The van der Waals surface area contributed by atoms with Crippen molar-refractivity contribution in [3.8, 4) is 55.6 Å². The lowest BCUT2D eigenvalue weighted by molar-refractivity contribution is 0.659. The third-order valence-electron chi connectivity index (χ3n) is 23.6. The van der Waals surface area contributed by atoms with Crippen LogP contribution in [-0.4, -0.2) is 0 Å². The number of benzene rings is 13. The minimum Gasteiger partial charge on any atom is -0.310 e. The molecule has 0 aliphatic heterocycles. The molecule has 5 aliphatic carbocycles. The molecular formula is C103H84N2. The number of hydrogen-bond donors (Lipinski definition) is 0. The van der Waals surface area contributed by atoms with Gasteiger partial charge in [-0.2, -0.15) is 0 Å². The molecule has 0 heterocycles. The van der Waals surface area contributed by atoms with E-state index < -0.39 is 0 Å². The first kappa shape index (κ1) is 65.0. The first-order chi connectivity index (χ1) is 50.9.